The predicted octanol–water partition coefficient (Wildman–Crippen LogP) is 2.09. The van der Waals surface area contributed by atoms with E-state index in [0.29, 0.717) is 12.3 Å². The van der Waals surface area contributed by atoms with E-state index in [9.17, 15) is 4.79 Å². The fourth-order valence-electron chi connectivity index (χ4n) is 2.87. The minimum Gasteiger partial charge on any atom is -0.497 e. The predicted molar refractivity (Wildman–Crippen MR) is 84.5 cm³/mol. The Morgan fingerprint density at radius 2 is 1.95 bits per heavy atom. The number of hydrogen-bond donors (Lipinski definition) is 1. The van der Waals surface area contributed by atoms with Crippen molar-refractivity contribution in [2.24, 2.45) is 5.92 Å². The van der Waals surface area contributed by atoms with E-state index in [-0.39, 0.29) is 5.91 Å². The summed E-state index contributed by atoms with van der Waals surface area (Å²) in [7, 11) is 3.57. The van der Waals surface area contributed by atoms with Crippen LogP contribution in [-0.2, 0) is 11.2 Å². The number of benzene rings is 1. The van der Waals surface area contributed by atoms with Crippen LogP contribution in [0.3, 0.4) is 0 Å². The number of nitrogens with one attached hydrogen (secondary N) is 1. The first kappa shape index (κ1) is 15.8. The van der Waals surface area contributed by atoms with Crippen molar-refractivity contribution in [1.29, 1.82) is 0 Å². The van der Waals surface area contributed by atoms with Gasteiger partial charge in [-0.1, -0.05) is 12.1 Å². The molecule has 0 unspecified atom stereocenters. The van der Waals surface area contributed by atoms with Crippen molar-refractivity contribution in [3.05, 3.63) is 29.8 Å². The summed E-state index contributed by atoms with van der Waals surface area (Å²) in [5, 5.41) is 3.03. The largest absolute Gasteiger partial charge is 0.497 e. The molecule has 1 aliphatic rings. The molecule has 1 heterocycles. The van der Waals surface area contributed by atoms with E-state index in [1.165, 1.54) is 5.56 Å². The van der Waals surface area contributed by atoms with Gasteiger partial charge in [0.25, 0.3) is 0 Å². The van der Waals surface area contributed by atoms with Crippen LogP contribution in [0.15, 0.2) is 24.3 Å². The molecule has 116 valence electrons. The van der Waals surface area contributed by atoms with Gasteiger partial charge in [0.15, 0.2) is 0 Å². The van der Waals surface area contributed by atoms with Gasteiger partial charge < -0.3 is 15.0 Å². The highest BCUT2D eigenvalue weighted by atomic mass is 16.5. The number of carbonyl (C=O) groups excluding carboxylic acids is 1. The van der Waals surface area contributed by atoms with Crippen LogP contribution < -0.4 is 10.1 Å². The fraction of sp³-hybridized carbons (Fsp3) is 0.588. The molecule has 0 spiro atoms. The molecule has 1 saturated heterocycles. The Morgan fingerprint density at radius 1 is 1.29 bits per heavy atom. The molecule has 0 bridgehead atoms. The monoisotopic (exact) mass is 290 g/mol. The quantitative estimate of drug-likeness (QED) is 0.872. The lowest BCUT2D eigenvalue weighted by Crippen LogP contribution is -2.39. The third-order valence-electron chi connectivity index (χ3n) is 4.24. The normalized spacial score (nSPS) is 16.0. The number of amides is 1. The first-order valence-corrected chi connectivity index (χ1v) is 7.78. The molecule has 0 radical (unpaired) electrons. The summed E-state index contributed by atoms with van der Waals surface area (Å²) in [6, 6.07) is 8.32. The average molecular weight is 290 g/mol. The van der Waals surface area contributed by atoms with E-state index in [0.717, 1.165) is 44.6 Å². The summed E-state index contributed by atoms with van der Waals surface area (Å²) in [6.45, 7) is 2.58. The van der Waals surface area contributed by atoms with Crippen LogP contribution in [-0.4, -0.2) is 44.6 Å². The molecular weight excluding hydrogens is 264 g/mol. The Kier molecular flexibility index (Phi) is 6.05. The molecule has 0 saturated carbocycles. The topological polar surface area (TPSA) is 41.6 Å². The molecular formula is C17H26N2O2. The second kappa shape index (κ2) is 8.03. The summed E-state index contributed by atoms with van der Waals surface area (Å²) in [4.78, 5) is 14.0. The summed E-state index contributed by atoms with van der Waals surface area (Å²) in [5.74, 6) is 1.88. The zero-order valence-electron chi connectivity index (χ0n) is 13.1. The molecule has 0 aliphatic carbocycles. The summed E-state index contributed by atoms with van der Waals surface area (Å²) in [6.07, 6.45) is 3.93. The maximum Gasteiger partial charge on any atom is 0.223 e. The zero-order valence-corrected chi connectivity index (χ0v) is 13.1. The van der Waals surface area contributed by atoms with Gasteiger partial charge in [-0.25, -0.2) is 0 Å². The van der Waals surface area contributed by atoms with E-state index in [2.05, 4.69) is 17.4 Å². The summed E-state index contributed by atoms with van der Waals surface area (Å²) in [5.41, 5.74) is 1.36. The number of methoxy groups -OCH3 is 1. The van der Waals surface area contributed by atoms with Gasteiger partial charge in [-0.3, -0.25) is 4.79 Å². The van der Waals surface area contributed by atoms with Gasteiger partial charge in [-0.15, -0.1) is 0 Å². The smallest absolute Gasteiger partial charge is 0.223 e. The molecule has 21 heavy (non-hydrogen) atoms. The van der Waals surface area contributed by atoms with Crippen molar-refractivity contribution in [3.8, 4) is 5.75 Å². The second-order valence-corrected chi connectivity index (χ2v) is 5.73. The minimum absolute atomic E-state index is 0.284. The van der Waals surface area contributed by atoms with Crippen LogP contribution in [0, 0.1) is 5.92 Å². The van der Waals surface area contributed by atoms with Crippen LogP contribution in [0.4, 0.5) is 0 Å². The standard InChI is InChI=1S/C17H26N2O2/c1-18-10-7-17(20)19-11-8-15(9-12-19)13-14-3-5-16(21-2)6-4-14/h3-6,15,18H,7-13H2,1-2H3. The molecule has 1 aromatic carbocycles. The van der Waals surface area contributed by atoms with Crippen LogP contribution in [0.1, 0.15) is 24.8 Å². The molecule has 1 amide bonds. The zero-order chi connectivity index (χ0) is 15.1. The number of rotatable bonds is 6. The fourth-order valence-corrected chi connectivity index (χ4v) is 2.87. The van der Waals surface area contributed by atoms with Crippen LogP contribution in [0.25, 0.3) is 0 Å². The Bertz CT molecular complexity index is 437. The van der Waals surface area contributed by atoms with Crippen molar-refractivity contribution in [1.82, 2.24) is 10.2 Å². The Labute approximate surface area is 127 Å². The molecule has 4 nitrogen and oxygen atoms in total. The highest BCUT2D eigenvalue weighted by Gasteiger charge is 2.22. The van der Waals surface area contributed by atoms with E-state index in [1.54, 1.807) is 7.11 Å². The van der Waals surface area contributed by atoms with Crippen LogP contribution in [0.5, 0.6) is 5.75 Å². The first-order valence-electron chi connectivity index (χ1n) is 7.78. The van der Waals surface area contributed by atoms with E-state index in [4.69, 9.17) is 4.74 Å². The number of carbonyl (C=O) groups is 1. The number of hydrogen-bond acceptors (Lipinski definition) is 3. The number of piperidine rings is 1. The van der Waals surface area contributed by atoms with Crippen LogP contribution >= 0.6 is 0 Å². The highest BCUT2D eigenvalue weighted by Crippen LogP contribution is 2.23. The third-order valence-corrected chi connectivity index (χ3v) is 4.24. The average Bonchev–Trinajstić information content (AvgIpc) is 2.54. The van der Waals surface area contributed by atoms with Gasteiger partial charge in [-0.2, -0.15) is 0 Å². The Hall–Kier alpha value is -1.55. The van der Waals surface area contributed by atoms with Gasteiger partial charge in [0, 0.05) is 26.1 Å². The summed E-state index contributed by atoms with van der Waals surface area (Å²) >= 11 is 0. The van der Waals surface area contributed by atoms with Crippen molar-refractivity contribution >= 4 is 5.91 Å². The lowest BCUT2D eigenvalue weighted by Gasteiger charge is -2.32. The van der Waals surface area contributed by atoms with Crippen molar-refractivity contribution in [2.75, 3.05) is 33.8 Å². The molecule has 0 aromatic heterocycles. The second-order valence-electron chi connectivity index (χ2n) is 5.73. The van der Waals surface area contributed by atoms with Gasteiger partial charge in [0.1, 0.15) is 5.75 Å². The lowest BCUT2D eigenvalue weighted by molar-refractivity contribution is -0.132. The molecule has 1 aromatic rings. The van der Waals surface area contributed by atoms with E-state index < -0.39 is 0 Å². The number of likely N-dealkylation sites (tertiary alicyclic amines) is 1. The van der Waals surface area contributed by atoms with Gasteiger partial charge in [0.2, 0.25) is 5.91 Å². The maximum absolute atomic E-state index is 12.0. The Balaban J connectivity index is 1.76. The van der Waals surface area contributed by atoms with Crippen molar-refractivity contribution in [2.45, 2.75) is 25.7 Å². The van der Waals surface area contributed by atoms with Gasteiger partial charge in [-0.05, 0) is 49.9 Å². The van der Waals surface area contributed by atoms with E-state index >= 15 is 0 Å². The van der Waals surface area contributed by atoms with Gasteiger partial charge >= 0.3 is 0 Å². The van der Waals surface area contributed by atoms with Crippen molar-refractivity contribution < 1.29 is 9.53 Å². The first-order chi connectivity index (χ1) is 10.2. The molecule has 0 atom stereocenters. The van der Waals surface area contributed by atoms with Crippen molar-refractivity contribution in [3.63, 3.8) is 0 Å². The minimum atomic E-state index is 0.284. The molecule has 1 aliphatic heterocycles. The summed E-state index contributed by atoms with van der Waals surface area (Å²) < 4.78 is 5.18. The molecule has 2 rings (SSSR count). The Morgan fingerprint density at radius 3 is 2.52 bits per heavy atom. The third kappa shape index (κ3) is 4.74. The SMILES string of the molecule is CNCCC(=O)N1CCC(Cc2ccc(OC)cc2)CC1. The van der Waals surface area contributed by atoms with Crippen LogP contribution in [0.2, 0.25) is 0 Å². The van der Waals surface area contributed by atoms with E-state index in [1.807, 2.05) is 24.1 Å². The molecule has 1 N–H and O–H groups in total. The lowest BCUT2D eigenvalue weighted by atomic mass is 9.90. The number of nitrogens with zero attached hydrogens (tertiary/aromatic N) is 1. The highest BCUT2D eigenvalue weighted by molar-refractivity contribution is 5.76. The van der Waals surface area contributed by atoms with Gasteiger partial charge in [0.05, 0.1) is 7.11 Å². The number of ether oxygens (including phenoxy) is 1. The maximum atomic E-state index is 12.0. The molecule has 1 fully saturated rings. The molecule has 4 heteroatoms.